The molecule has 1 atom stereocenters. The summed E-state index contributed by atoms with van der Waals surface area (Å²) in [7, 11) is 9.18. The predicted molar refractivity (Wildman–Crippen MR) is 55.4 cm³/mol. The van der Waals surface area contributed by atoms with E-state index in [-0.39, 0.29) is 0 Å². The van der Waals surface area contributed by atoms with Crippen LogP contribution in [0.2, 0.25) is 0 Å². The van der Waals surface area contributed by atoms with E-state index in [0.717, 1.165) is 4.48 Å². The van der Waals surface area contributed by atoms with Crippen molar-refractivity contribution in [2.45, 2.75) is 0 Å². The highest BCUT2D eigenvalue weighted by molar-refractivity contribution is 7.27. The molecule has 0 bridgehead atoms. The van der Waals surface area contributed by atoms with Crippen LogP contribution in [0.4, 0.5) is 5.69 Å². The van der Waals surface area contributed by atoms with E-state index in [0.29, 0.717) is 0 Å². The maximum atomic E-state index is 2.69. The molecule has 1 aromatic rings. The number of hydrogen-bond acceptors (Lipinski definition) is 0. The van der Waals surface area contributed by atoms with Crippen LogP contribution < -0.4 is 9.79 Å². The highest BCUT2D eigenvalue weighted by Gasteiger charge is 2.09. The SMILES string of the molecule is C[N+](C)(C)c1ccc(P)cc1. The van der Waals surface area contributed by atoms with Gasteiger partial charge in [-0.1, -0.05) is 0 Å². The molecule has 2 heteroatoms. The van der Waals surface area contributed by atoms with Crippen LogP contribution in [-0.4, -0.2) is 21.1 Å². The summed E-state index contributed by atoms with van der Waals surface area (Å²) in [5, 5.41) is 1.24. The molecular formula is C9H15NP+. The fourth-order valence-corrected chi connectivity index (χ4v) is 1.11. The molecule has 0 aromatic heterocycles. The van der Waals surface area contributed by atoms with Gasteiger partial charge < -0.3 is 0 Å². The average molecular weight is 168 g/mol. The molecule has 0 spiro atoms. The zero-order chi connectivity index (χ0) is 8.48. The van der Waals surface area contributed by atoms with E-state index in [4.69, 9.17) is 0 Å². The Morgan fingerprint density at radius 2 is 1.45 bits per heavy atom. The molecule has 0 radical (unpaired) electrons. The summed E-state index contributed by atoms with van der Waals surface area (Å²) < 4.78 is 0.880. The first-order chi connectivity index (χ1) is 5.00. The Bertz CT molecular complexity index is 233. The van der Waals surface area contributed by atoms with Crippen LogP contribution in [0.3, 0.4) is 0 Å². The van der Waals surface area contributed by atoms with E-state index in [2.05, 4.69) is 54.6 Å². The third kappa shape index (κ3) is 2.28. The molecule has 1 rings (SSSR count). The first-order valence-electron chi connectivity index (χ1n) is 3.68. The lowest BCUT2D eigenvalue weighted by atomic mass is 10.3. The quantitative estimate of drug-likeness (QED) is 0.439. The second-order valence-electron chi connectivity index (χ2n) is 3.60. The second kappa shape index (κ2) is 2.92. The molecule has 0 fully saturated rings. The van der Waals surface area contributed by atoms with Crippen molar-refractivity contribution in [2.75, 3.05) is 21.1 Å². The van der Waals surface area contributed by atoms with Crippen molar-refractivity contribution in [2.24, 2.45) is 0 Å². The first kappa shape index (κ1) is 8.70. The van der Waals surface area contributed by atoms with Gasteiger partial charge in [0.05, 0.1) is 21.1 Å². The van der Waals surface area contributed by atoms with Gasteiger partial charge in [-0.3, -0.25) is 4.48 Å². The summed E-state index contributed by atoms with van der Waals surface area (Å²) in [6.45, 7) is 0. The minimum absolute atomic E-state index is 0.880. The Labute approximate surface area is 70.8 Å². The minimum atomic E-state index is 0.880. The van der Waals surface area contributed by atoms with E-state index in [1.807, 2.05) is 0 Å². The molecule has 0 N–H and O–H groups in total. The molecule has 0 aliphatic heterocycles. The van der Waals surface area contributed by atoms with Crippen LogP contribution in [-0.2, 0) is 0 Å². The van der Waals surface area contributed by atoms with Crippen LogP contribution >= 0.6 is 9.24 Å². The van der Waals surface area contributed by atoms with E-state index >= 15 is 0 Å². The Morgan fingerprint density at radius 1 is 1.00 bits per heavy atom. The second-order valence-corrected chi connectivity index (χ2v) is 4.27. The van der Waals surface area contributed by atoms with Gasteiger partial charge in [0.15, 0.2) is 0 Å². The molecule has 1 nitrogen and oxygen atoms in total. The molecule has 0 aliphatic carbocycles. The zero-order valence-electron chi connectivity index (χ0n) is 7.33. The van der Waals surface area contributed by atoms with E-state index < -0.39 is 0 Å². The maximum absolute atomic E-state index is 2.69. The van der Waals surface area contributed by atoms with Crippen molar-refractivity contribution < 1.29 is 0 Å². The molecule has 0 saturated carbocycles. The standard InChI is InChI=1S/C9H15NP/c1-10(2,3)8-4-6-9(11)7-5-8/h4-7H,11H2,1-3H3/q+1. The molecule has 1 unspecified atom stereocenters. The van der Waals surface area contributed by atoms with Crippen LogP contribution in [0.1, 0.15) is 0 Å². The first-order valence-corrected chi connectivity index (χ1v) is 4.25. The molecule has 1 aromatic carbocycles. The molecular weight excluding hydrogens is 153 g/mol. The Hall–Kier alpha value is -0.390. The van der Waals surface area contributed by atoms with Crippen molar-refractivity contribution in [3.05, 3.63) is 24.3 Å². The van der Waals surface area contributed by atoms with Gasteiger partial charge in [-0.2, -0.15) is 0 Å². The maximum Gasteiger partial charge on any atom is 0.132 e. The smallest absolute Gasteiger partial charge is 0.132 e. The minimum Gasteiger partial charge on any atom is -0.298 e. The van der Waals surface area contributed by atoms with Gasteiger partial charge in [0, 0.05) is 0 Å². The molecule has 0 aliphatic rings. The van der Waals surface area contributed by atoms with Gasteiger partial charge in [0.2, 0.25) is 0 Å². The van der Waals surface area contributed by atoms with Crippen molar-refractivity contribution in [1.82, 2.24) is 4.48 Å². The summed E-state index contributed by atoms with van der Waals surface area (Å²) >= 11 is 0. The molecule has 0 amide bonds. The number of hydrogen-bond donors (Lipinski definition) is 0. The highest BCUT2D eigenvalue weighted by atomic mass is 31.0. The molecule has 60 valence electrons. The van der Waals surface area contributed by atoms with Gasteiger partial charge in [0.25, 0.3) is 0 Å². The van der Waals surface area contributed by atoms with Crippen molar-refractivity contribution in [1.29, 1.82) is 0 Å². The summed E-state index contributed by atoms with van der Waals surface area (Å²) in [5.74, 6) is 0. The van der Waals surface area contributed by atoms with Crippen LogP contribution in [0.5, 0.6) is 0 Å². The lowest BCUT2D eigenvalue weighted by Gasteiger charge is -2.23. The normalized spacial score (nSPS) is 11.6. The molecule has 0 saturated heterocycles. The largest absolute Gasteiger partial charge is 0.298 e. The van der Waals surface area contributed by atoms with Gasteiger partial charge >= 0.3 is 0 Å². The fourth-order valence-electron chi connectivity index (χ4n) is 0.922. The molecule has 0 heterocycles. The van der Waals surface area contributed by atoms with E-state index in [1.165, 1.54) is 11.0 Å². The Balaban J connectivity index is 2.99. The fraction of sp³-hybridized carbons (Fsp3) is 0.333. The summed E-state index contributed by atoms with van der Waals surface area (Å²) in [5.41, 5.74) is 1.33. The summed E-state index contributed by atoms with van der Waals surface area (Å²) in [6.07, 6.45) is 0. The summed E-state index contributed by atoms with van der Waals surface area (Å²) in [6, 6.07) is 8.54. The van der Waals surface area contributed by atoms with Crippen LogP contribution in [0.15, 0.2) is 24.3 Å². The van der Waals surface area contributed by atoms with E-state index in [9.17, 15) is 0 Å². The van der Waals surface area contributed by atoms with Crippen molar-refractivity contribution in [3.8, 4) is 0 Å². The number of quaternary nitrogens is 1. The number of benzene rings is 1. The lowest BCUT2D eigenvalue weighted by Crippen LogP contribution is -2.34. The van der Waals surface area contributed by atoms with Crippen LogP contribution in [0, 0.1) is 0 Å². The van der Waals surface area contributed by atoms with E-state index in [1.54, 1.807) is 0 Å². The number of nitrogens with zero attached hydrogens (tertiary/aromatic N) is 1. The van der Waals surface area contributed by atoms with Gasteiger partial charge in [-0.15, -0.1) is 9.24 Å². The topological polar surface area (TPSA) is 0 Å². The van der Waals surface area contributed by atoms with Crippen LogP contribution in [0.25, 0.3) is 0 Å². The lowest BCUT2D eigenvalue weighted by molar-refractivity contribution is 0.486. The highest BCUT2D eigenvalue weighted by Crippen LogP contribution is 2.14. The Morgan fingerprint density at radius 3 is 1.82 bits per heavy atom. The van der Waals surface area contributed by atoms with Crippen molar-refractivity contribution >= 4 is 20.2 Å². The molecule has 11 heavy (non-hydrogen) atoms. The number of rotatable bonds is 1. The third-order valence-electron chi connectivity index (χ3n) is 1.67. The summed E-state index contributed by atoms with van der Waals surface area (Å²) in [4.78, 5) is 0. The zero-order valence-corrected chi connectivity index (χ0v) is 8.49. The Kier molecular flexibility index (Phi) is 2.31. The average Bonchev–Trinajstić information content (AvgIpc) is 1.86. The monoisotopic (exact) mass is 168 g/mol. The predicted octanol–water partition coefficient (Wildman–Crippen LogP) is 1.38. The van der Waals surface area contributed by atoms with Crippen molar-refractivity contribution in [3.63, 3.8) is 0 Å². The van der Waals surface area contributed by atoms with Gasteiger partial charge in [-0.05, 0) is 29.6 Å². The van der Waals surface area contributed by atoms with Gasteiger partial charge in [0.1, 0.15) is 5.69 Å². The third-order valence-corrected chi connectivity index (χ3v) is 2.05. The van der Waals surface area contributed by atoms with Gasteiger partial charge in [-0.25, -0.2) is 0 Å².